The first kappa shape index (κ1) is 12.9. The van der Waals surface area contributed by atoms with Gasteiger partial charge in [-0.05, 0) is 31.5 Å². The largest absolute Gasteiger partial charge is 0.492 e. The molecule has 0 atom stereocenters. The summed E-state index contributed by atoms with van der Waals surface area (Å²) in [5.41, 5.74) is 1.19. The molecule has 1 heterocycles. The van der Waals surface area contributed by atoms with E-state index in [0.717, 1.165) is 31.9 Å². The topological polar surface area (TPSA) is 43.4 Å². The van der Waals surface area contributed by atoms with Gasteiger partial charge in [0, 0.05) is 19.9 Å². The number of ether oxygens (including phenoxy) is 2. The highest BCUT2D eigenvalue weighted by atomic mass is 16.5. The fourth-order valence-corrected chi connectivity index (χ4v) is 1.38. The number of hydrogen-bond donors (Lipinski definition) is 1. The van der Waals surface area contributed by atoms with Crippen molar-refractivity contribution in [1.82, 2.24) is 10.3 Å². The van der Waals surface area contributed by atoms with Gasteiger partial charge >= 0.3 is 0 Å². The Morgan fingerprint density at radius 2 is 2.19 bits per heavy atom. The second-order valence-electron chi connectivity index (χ2n) is 3.45. The van der Waals surface area contributed by atoms with Crippen LogP contribution in [0.1, 0.15) is 12.5 Å². The van der Waals surface area contributed by atoms with Crippen LogP contribution in [0.25, 0.3) is 0 Å². The zero-order valence-electron chi connectivity index (χ0n) is 10.0. The van der Waals surface area contributed by atoms with Gasteiger partial charge in [-0.3, -0.25) is 4.98 Å². The number of nitrogens with zero attached hydrogens (tertiary/aromatic N) is 1. The van der Waals surface area contributed by atoms with Crippen molar-refractivity contribution in [3.05, 3.63) is 24.0 Å². The van der Waals surface area contributed by atoms with Gasteiger partial charge in [-0.25, -0.2) is 0 Å². The summed E-state index contributed by atoms with van der Waals surface area (Å²) in [6.45, 7) is 5.21. The van der Waals surface area contributed by atoms with Crippen LogP contribution in [0.4, 0.5) is 0 Å². The Kier molecular flexibility index (Phi) is 6.53. The fraction of sp³-hybridized carbons (Fsp3) is 0.583. The molecule has 1 N–H and O–H groups in total. The fourth-order valence-electron chi connectivity index (χ4n) is 1.38. The molecule has 0 spiro atoms. The molecule has 0 radical (unpaired) electrons. The minimum atomic E-state index is 0.678. The molecule has 0 aliphatic carbocycles. The van der Waals surface area contributed by atoms with Crippen LogP contribution in [0, 0.1) is 0 Å². The molecular formula is C12H20N2O2. The van der Waals surface area contributed by atoms with Gasteiger partial charge in [0.1, 0.15) is 5.75 Å². The lowest BCUT2D eigenvalue weighted by Gasteiger charge is -2.06. The summed E-state index contributed by atoms with van der Waals surface area (Å²) in [7, 11) is 1.71. The number of pyridine rings is 1. The first-order chi connectivity index (χ1) is 7.86. The van der Waals surface area contributed by atoms with Crippen LogP contribution >= 0.6 is 0 Å². The molecule has 0 fully saturated rings. The smallest absolute Gasteiger partial charge is 0.137 e. The Hall–Kier alpha value is -1.13. The summed E-state index contributed by atoms with van der Waals surface area (Å²) in [5.74, 6) is 0.844. The Morgan fingerprint density at radius 1 is 1.31 bits per heavy atom. The molecule has 0 bridgehead atoms. The van der Waals surface area contributed by atoms with Crippen molar-refractivity contribution >= 4 is 0 Å². The first-order valence-electron chi connectivity index (χ1n) is 5.63. The van der Waals surface area contributed by atoms with E-state index in [-0.39, 0.29) is 0 Å². The molecule has 1 aromatic heterocycles. The second kappa shape index (κ2) is 8.07. The number of nitrogens with one attached hydrogen (secondary N) is 1. The first-order valence-corrected chi connectivity index (χ1v) is 5.63. The summed E-state index contributed by atoms with van der Waals surface area (Å²) in [4.78, 5) is 4.14. The Morgan fingerprint density at radius 3 is 2.94 bits per heavy atom. The number of rotatable bonds is 8. The van der Waals surface area contributed by atoms with Crippen molar-refractivity contribution in [3.8, 4) is 5.75 Å². The summed E-state index contributed by atoms with van der Waals surface area (Å²) < 4.78 is 10.3. The van der Waals surface area contributed by atoms with E-state index >= 15 is 0 Å². The summed E-state index contributed by atoms with van der Waals surface area (Å²) >= 11 is 0. The van der Waals surface area contributed by atoms with E-state index in [0.29, 0.717) is 6.61 Å². The molecule has 0 saturated carbocycles. The molecule has 0 aliphatic rings. The number of hydrogen-bond acceptors (Lipinski definition) is 4. The quantitative estimate of drug-likeness (QED) is 0.675. The minimum absolute atomic E-state index is 0.678. The van der Waals surface area contributed by atoms with Gasteiger partial charge in [0.15, 0.2) is 0 Å². The molecule has 4 nitrogen and oxygen atoms in total. The molecule has 1 rings (SSSR count). The van der Waals surface area contributed by atoms with Gasteiger partial charge < -0.3 is 14.8 Å². The minimum Gasteiger partial charge on any atom is -0.492 e. The van der Waals surface area contributed by atoms with E-state index in [1.165, 1.54) is 5.56 Å². The zero-order valence-corrected chi connectivity index (χ0v) is 10.0. The van der Waals surface area contributed by atoms with Crippen LogP contribution < -0.4 is 10.1 Å². The lowest BCUT2D eigenvalue weighted by molar-refractivity contribution is 0.199. The van der Waals surface area contributed by atoms with Crippen molar-refractivity contribution in [2.24, 2.45) is 0 Å². The molecule has 4 heteroatoms. The molecular weight excluding hydrogens is 204 g/mol. The number of methoxy groups -OCH3 is 1. The lowest BCUT2D eigenvalue weighted by atomic mass is 10.2. The molecule has 16 heavy (non-hydrogen) atoms. The van der Waals surface area contributed by atoms with Gasteiger partial charge in [-0.2, -0.15) is 0 Å². The summed E-state index contributed by atoms with van der Waals surface area (Å²) in [6, 6.07) is 2.04. The van der Waals surface area contributed by atoms with E-state index in [2.05, 4.69) is 10.3 Å². The predicted octanol–water partition coefficient (Wildman–Crippen LogP) is 1.26. The highest BCUT2D eigenvalue weighted by molar-refractivity contribution is 5.23. The molecule has 0 amide bonds. The van der Waals surface area contributed by atoms with Crippen LogP contribution in [0.2, 0.25) is 0 Å². The SMILES string of the molecule is CCOc1cncc(CCNCCOC)c1. The standard InChI is InChI=1S/C12H20N2O2/c1-3-16-12-8-11(9-14-10-12)4-5-13-6-7-15-2/h8-10,13H,3-7H2,1-2H3. The van der Waals surface area contributed by atoms with Gasteiger partial charge in [-0.1, -0.05) is 0 Å². The third-order valence-corrected chi connectivity index (χ3v) is 2.15. The van der Waals surface area contributed by atoms with Crippen LogP contribution in [0.15, 0.2) is 18.5 Å². The van der Waals surface area contributed by atoms with Gasteiger partial charge in [0.25, 0.3) is 0 Å². The van der Waals surface area contributed by atoms with Gasteiger partial charge in [0.2, 0.25) is 0 Å². The van der Waals surface area contributed by atoms with Crippen LogP contribution in [-0.2, 0) is 11.2 Å². The van der Waals surface area contributed by atoms with E-state index in [1.54, 1.807) is 13.3 Å². The maximum Gasteiger partial charge on any atom is 0.137 e. The van der Waals surface area contributed by atoms with Crippen LogP contribution in [0.3, 0.4) is 0 Å². The molecule has 1 aromatic rings. The number of aromatic nitrogens is 1. The molecule has 0 unspecified atom stereocenters. The van der Waals surface area contributed by atoms with E-state index in [1.807, 2.05) is 19.2 Å². The summed E-state index contributed by atoms with van der Waals surface area (Å²) in [5, 5.41) is 3.29. The molecule has 0 aliphatic heterocycles. The molecule has 90 valence electrons. The van der Waals surface area contributed by atoms with Crippen molar-refractivity contribution in [1.29, 1.82) is 0 Å². The maximum absolute atomic E-state index is 5.39. The van der Waals surface area contributed by atoms with Crippen molar-refractivity contribution in [3.63, 3.8) is 0 Å². The average Bonchev–Trinajstić information content (AvgIpc) is 2.30. The lowest BCUT2D eigenvalue weighted by Crippen LogP contribution is -2.21. The van der Waals surface area contributed by atoms with Gasteiger partial charge in [-0.15, -0.1) is 0 Å². The predicted molar refractivity (Wildman–Crippen MR) is 63.9 cm³/mol. The van der Waals surface area contributed by atoms with Crippen LogP contribution in [-0.4, -0.2) is 38.4 Å². The van der Waals surface area contributed by atoms with Crippen molar-refractivity contribution in [2.75, 3.05) is 33.4 Å². The summed E-state index contributed by atoms with van der Waals surface area (Å²) in [6.07, 6.45) is 4.57. The third-order valence-electron chi connectivity index (χ3n) is 2.15. The maximum atomic E-state index is 5.39. The Bertz CT molecular complexity index is 292. The van der Waals surface area contributed by atoms with Crippen LogP contribution in [0.5, 0.6) is 5.75 Å². The third kappa shape index (κ3) is 5.09. The van der Waals surface area contributed by atoms with Crippen molar-refractivity contribution in [2.45, 2.75) is 13.3 Å². The average molecular weight is 224 g/mol. The van der Waals surface area contributed by atoms with Crippen molar-refractivity contribution < 1.29 is 9.47 Å². The van der Waals surface area contributed by atoms with E-state index in [4.69, 9.17) is 9.47 Å². The normalized spacial score (nSPS) is 10.4. The van der Waals surface area contributed by atoms with E-state index in [9.17, 15) is 0 Å². The van der Waals surface area contributed by atoms with Gasteiger partial charge in [0.05, 0.1) is 19.4 Å². The zero-order chi connectivity index (χ0) is 11.6. The highest BCUT2D eigenvalue weighted by Crippen LogP contribution is 2.10. The van der Waals surface area contributed by atoms with E-state index < -0.39 is 0 Å². The molecule has 0 aromatic carbocycles. The molecule has 0 saturated heterocycles. The Balaban J connectivity index is 2.27. The monoisotopic (exact) mass is 224 g/mol. The second-order valence-corrected chi connectivity index (χ2v) is 3.45. The highest BCUT2D eigenvalue weighted by Gasteiger charge is 1.97. The Labute approximate surface area is 97.0 Å².